The summed E-state index contributed by atoms with van der Waals surface area (Å²) in [5.41, 5.74) is 2.31. The molecule has 1 nitrogen and oxygen atoms in total. The van der Waals surface area contributed by atoms with Crippen LogP contribution in [-0.2, 0) is 20.1 Å². The van der Waals surface area contributed by atoms with E-state index in [-0.39, 0.29) is 20.1 Å². The molecule has 0 unspecified atom stereocenters. The molecule has 99 valence electrons. The fraction of sp³-hybridized carbons (Fsp3) is 0.0556. The van der Waals surface area contributed by atoms with E-state index in [1.54, 1.807) is 0 Å². The molecule has 0 atom stereocenters. The number of fused-ring (bicyclic) bond motifs is 5. The molecule has 1 aromatic heterocycles. The number of pyridine rings is 1. The molecule has 1 heterocycles. The fourth-order valence-corrected chi connectivity index (χ4v) is 2.68. The number of aryl methyl sites for hydroxylation is 1. The Morgan fingerprint density at radius 3 is 2.70 bits per heavy atom. The molecule has 0 fully saturated rings. The standard InChI is InChI=1S/C18H12N.Ir/c1-12-6-7-14-11-19-18-15-5-3-2-4-13(15)8-9-16(18)17(14)10-12;/h2-4,6-11H,1H3;/q-1;. The number of benzene rings is 3. The van der Waals surface area contributed by atoms with Crippen LogP contribution in [0, 0.1) is 13.0 Å². The summed E-state index contributed by atoms with van der Waals surface area (Å²) < 4.78 is 0. The Labute approximate surface area is 131 Å². The number of aromatic nitrogens is 1. The first-order valence-corrected chi connectivity index (χ1v) is 6.41. The molecule has 0 N–H and O–H groups in total. The molecule has 0 saturated heterocycles. The molecule has 0 aliphatic heterocycles. The van der Waals surface area contributed by atoms with E-state index in [0.717, 1.165) is 10.9 Å². The molecular formula is C18H12IrN-. The van der Waals surface area contributed by atoms with Crippen molar-refractivity contribution in [1.29, 1.82) is 0 Å². The Morgan fingerprint density at radius 1 is 0.950 bits per heavy atom. The summed E-state index contributed by atoms with van der Waals surface area (Å²) in [6, 6.07) is 20.2. The summed E-state index contributed by atoms with van der Waals surface area (Å²) >= 11 is 0. The Hall–Kier alpha value is -1.76. The Kier molecular flexibility index (Phi) is 3.29. The molecule has 0 aliphatic carbocycles. The smallest absolute Gasteiger partial charge is 0.0239 e. The summed E-state index contributed by atoms with van der Waals surface area (Å²) in [5.74, 6) is 0. The van der Waals surface area contributed by atoms with Gasteiger partial charge in [-0.05, 0) is 28.6 Å². The van der Waals surface area contributed by atoms with Gasteiger partial charge in [-0.3, -0.25) is 0 Å². The van der Waals surface area contributed by atoms with Gasteiger partial charge in [-0.25, -0.2) is 0 Å². The van der Waals surface area contributed by atoms with Crippen molar-refractivity contribution in [2.24, 2.45) is 0 Å². The summed E-state index contributed by atoms with van der Waals surface area (Å²) in [6.45, 7) is 2.12. The van der Waals surface area contributed by atoms with E-state index in [4.69, 9.17) is 0 Å². The van der Waals surface area contributed by atoms with Crippen LogP contribution in [-0.4, -0.2) is 4.98 Å². The van der Waals surface area contributed by atoms with E-state index in [2.05, 4.69) is 54.4 Å². The molecule has 1 radical (unpaired) electrons. The van der Waals surface area contributed by atoms with Crippen molar-refractivity contribution < 1.29 is 20.1 Å². The van der Waals surface area contributed by atoms with Crippen molar-refractivity contribution >= 4 is 32.4 Å². The third-order valence-electron chi connectivity index (χ3n) is 3.64. The van der Waals surface area contributed by atoms with Gasteiger partial charge in [0.05, 0.1) is 0 Å². The van der Waals surface area contributed by atoms with Crippen LogP contribution in [0.4, 0.5) is 0 Å². The summed E-state index contributed by atoms with van der Waals surface area (Å²) in [5, 5.41) is 5.95. The monoisotopic (exact) mass is 435 g/mol. The predicted molar refractivity (Wildman–Crippen MR) is 80.3 cm³/mol. The van der Waals surface area contributed by atoms with Crippen molar-refractivity contribution in [2.75, 3.05) is 0 Å². The summed E-state index contributed by atoms with van der Waals surface area (Å²) in [4.78, 5) is 4.64. The molecule has 0 saturated carbocycles. The first-order valence-electron chi connectivity index (χ1n) is 6.41. The number of hydrogen-bond donors (Lipinski definition) is 0. The molecular weight excluding hydrogens is 422 g/mol. The molecule has 3 aromatic carbocycles. The van der Waals surface area contributed by atoms with E-state index in [0.29, 0.717) is 0 Å². The van der Waals surface area contributed by atoms with Gasteiger partial charge in [0.15, 0.2) is 0 Å². The van der Waals surface area contributed by atoms with Crippen LogP contribution in [0.1, 0.15) is 5.56 Å². The van der Waals surface area contributed by atoms with Gasteiger partial charge in [0.2, 0.25) is 0 Å². The number of rotatable bonds is 0. The summed E-state index contributed by atoms with van der Waals surface area (Å²) in [7, 11) is 0. The number of nitrogens with zero attached hydrogens (tertiary/aromatic N) is 1. The Morgan fingerprint density at radius 2 is 1.80 bits per heavy atom. The first-order chi connectivity index (χ1) is 9.33. The molecule has 0 spiro atoms. The quantitative estimate of drug-likeness (QED) is 0.290. The zero-order valence-electron chi connectivity index (χ0n) is 11.0. The SMILES string of the molecule is Cc1ccc2cnc3c4[c-]cccc4ccc3c2c1.[Ir]. The van der Waals surface area contributed by atoms with Gasteiger partial charge < -0.3 is 4.98 Å². The topological polar surface area (TPSA) is 12.9 Å². The zero-order chi connectivity index (χ0) is 12.8. The minimum Gasteiger partial charge on any atom is -0.303 e. The second-order valence-electron chi connectivity index (χ2n) is 4.94. The minimum atomic E-state index is 0. The third kappa shape index (κ3) is 1.93. The maximum absolute atomic E-state index is 4.64. The predicted octanol–water partition coefficient (Wildman–Crippen LogP) is 4.65. The maximum atomic E-state index is 4.64. The first kappa shape index (κ1) is 13.2. The zero-order valence-corrected chi connectivity index (χ0v) is 13.4. The van der Waals surface area contributed by atoms with Crippen LogP contribution in [0.3, 0.4) is 0 Å². The maximum Gasteiger partial charge on any atom is 0.0239 e. The van der Waals surface area contributed by atoms with Crippen LogP contribution in [0.5, 0.6) is 0 Å². The van der Waals surface area contributed by atoms with Crippen LogP contribution in [0.25, 0.3) is 32.4 Å². The minimum absolute atomic E-state index is 0. The largest absolute Gasteiger partial charge is 0.303 e. The number of hydrogen-bond acceptors (Lipinski definition) is 1. The normalized spacial score (nSPS) is 10.8. The van der Waals surface area contributed by atoms with Crippen molar-refractivity contribution in [3.63, 3.8) is 0 Å². The van der Waals surface area contributed by atoms with Gasteiger partial charge in [0, 0.05) is 26.3 Å². The van der Waals surface area contributed by atoms with Gasteiger partial charge in [-0.15, -0.1) is 35.0 Å². The molecule has 0 aliphatic rings. The van der Waals surface area contributed by atoms with Crippen LogP contribution in [0.2, 0.25) is 0 Å². The van der Waals surface area contributed by atoms with Crippen molar-refractivity contribution in [2.45, 2.75) is 6.92 Å². The van der Waals surface area contributed by atoms with E-state index < -0.39 is 0 Å². The van der Waals surface area contributed by atoms with E-state index in [1.807, 2.05) is 18.3 Å². The van der Waals surface area contributed by atoms with Crippen LogP contribution in [0.15, 0.2) is 54.7 Å². The van der Waals surface area contributed by atoms with Gasteiger partial charge in [0.1, 0.15) is 0 Å². The second kappa shape index (κ2) is 4.97. The van der Waals surface area contributed by atoms with Gasteiger partial charge in [-0.1, -0.05) is 35.9 Å². The molecule has 4 aromatic rings. The van der Waals surface area contributed by atoms with Crippen molar-refractivity contribution in [1.82, 2.24) is 4.98 Å². The molecule has 4 rings (SSSR count). The van der Waals surface area contributed by atoms with Gasteiger partial charge in [0.25, 0.3) is 0 Å². The Bertz CT molecular complexity index is 928. The second-order valence-corrected chi connectivity index (χ2v) is 4.94. The molecule has 0 bridgehead atoms. The summed E-state index contributed by atoms with van der Waals surface area (Å²) in [6.07, 6.45) is 1.96. The van der Waals surface area contributed by atoms with Crippen molar-refractivity contribution in [3.05, 3.63) is 66.4 Å². The van der Waals surface area contributed by atoms with E-state index >= 15 is 0 Å². The van der Waals surface area contributed by atoms with E-state index in [1.165, 1.54) is 27.1 Å². The molecule has 20 heavy (non-hydrogen) atoms. The Balaban J connectivity index is 0.00000121. The van der Waals surface area contributed by atoms with E-state index in [9.17, 15) is 0 Å². The third-order valence-corrected chi connectivity index (χ3v) is 3.64. The van der Waals surface area contributed by atoms with Gasteiger partial charge in [-0.2, -0.15) is 0 Å². The van der Waals surface area contributed by atoms with Gasteiger partial charge >= 0.3 is 0 Å². The fourth-order valence-electron chi connectivity index (χ4n) is 2.68. The average molecular weight is 435 g/mol. The molecule has 2 heteroatoms. The van der Waals surface area contributed by atoms with Crippen LogP contribution >= 0.6 is 0 Å². The average Bonchev–Trinajstić information content (AvgIpc) is 2.46. The van der Waals surface area contributed by atoms with Crippen molar-refractivity contribution in [3.8, 4) is 0 Å². The van der Waals surface area contributed by atoms with Crippen LogP contribution < -0.4 is 0 Å². The molecule has 0 amide bonds.